The number of hydrogen-bond acceptors (Lipinski definition) is 6. The zero-order valence-electron chi connectivity index (χ0n) is 17.2. The lowest BCUT2D eigenvalue weighted by Gasteiger charge is -2.32. The van der Waals surface area contributed by atoms with Gasteiger partial charge in [-0.25, -0.2) is 0 Å². The van der Waals surface area contributed by atoms with Crippen LogP contribution in [0.3, 0.4) is 0 Å². The lowest BCUT2D eigenvalue weighted by Crippen LogP contribution is -2.39. The van der Waals surface area contributed by atoms with Gasteiger partial charge in [-0.15, -0.1) is 0 Å². The van der Waals surface area contributed by atoms with Gasteiger partial charge in [-0.05, 0) is 31.6 Å². The van der Waals surface area contributed by atoms with E-state index in [9.17, 15) is 9.90 Å². The first-order chi connectivity index (χ1) is 14.0. The summed E-state index contributed by atoms with van der Waals surface area (Å²) in [5.74, 6) is 1.68. The van der Waals surface area contributed by atoms with Crippen molar-refractivity contribution in [3.8, 4) is 5.75 Å². The lowest BCUT2D eigenvalue weighted by atomic mass is 9.95. The number of benzene rings is 1. The number of carbonyl (C=O) groups is 1. The van der Waals surface area contributed by atoms with E-state index in [2.05, 4.69) is 25.2 Å². The number of nitrogens with zero attached hydrogens (tertiary/aromatic N) is 3. The summed E-state index contributed by atoms with van der Waals surface area (Å²) in [5, 5.41) is 12.8. The van der Waals surface area contributed by atoms with E-state index in [4.69, 9.17) is 9.73 Å². The Labute approximate surface area is 171 Å². The van der Waals surface area contributed by atoms with Gasteiger partial charge in [0.1, 0.15) is 5.75 Å². The first kappa shape index (κ1) is 19.5. The molecule has 2 atom stereocenters. The first-order valence-corrected chi connectivity index (χ1v) is 10.1. The first-order valence-electron chi connectivity index (χ1n) is 10.1. The van der Waals surface area contributed by atoms with Crippen molar-refractivity contribution in [1.29, 1.82) is 0 Å². The maximum atomic E-state index is 12.8. The van der Waals surface area contributed by atoms with Gasteiger partial charge in [0.15, 0.2) is 5.84 Å². The summed E-state index contributed by atoms with van der Waals surface area (Å²) in [7, 11) is 1.70. The van der Waals surface area contributed by atoms with Gasteiger partial charge in [-0.1, -0.05) is 12.1 Å². The largest absolute Gasteiger partial charge is 0.493 e. The number of fused-ring (bicyclic) bond motifs is 2. The molecular weight excluding hydrogens is 368 g/mol. The van der Waals surface area contributed by atoms with Crippen LogP contribution in [0.5, 0.6) is 5.75 Å². The molecule has 0 bridgehead atoms. The van der Waals surface area contributed by atoms with Gasteiger partial charge >= 0.3 is 0 Å². The highest BCUT2D eigenvalue weighted by atomic mass is 16.5. The van der Waals surface area contributed by atoms with E-state index in [1.165, 1.54) is 10.5 Å². The minimum atomic E-state index is -0.111. The molecule has 0 saturated carbocycles. The predicted molar refractivity (Wildman–Crippen MR) is 112 cm³/mol. The van der Waals surface area contributed by atoms with Crippen molar-refractivity contribution in [3.05, 3.63) is 52.9 Å². The van der Waals surface area contributed by atoms with Crippen molar-refractivity contribution in [2.24, 2.45) is 4.99 Å². The molecule has 1 aromatic carbocycles. The number of aliphatic hydroxyl groups is 1. The molecule has 7 heteroatoms. The molecule has 0 aliphatic carbocycles. The summed E-state index contributed by atoms with van der Waals surface area (Å²) in [5.41, 5.74) is 3.80. The molecule has 0 spiro atoms. The summed E-state index contributed by atoms with van der Waals surface area (Å²) < 4.78 is 5.85. The molecule has 29 heavy (non-hydrogen) atoms. The van der Waals surface area contributed by atoms with Crippen LogP contribution in [-0.4, -0.2) is 66.0 Å². The van der Waals surface area contributed by atoms with Gasteiger partial charge in [0.25, 0.3) is 5.91 Å². The summed E-state index contributed by atoms with van der Waals surface area (Å²) in [6, 6.07) is 6.37. The number of amides is 1. The van der Waals surface area contributed by atoms with Gasteiger partial charge in [-0.3, -0.25) is 9.79 Å². The molecule has 2 N–H and O–H groups in total. The van der Waals surface area contributed by atoms with Gasteiger partial charge in [0, 0.05) is 38.3 Å². The molecular formula is C22H28N4O3. The lowest BCUT2D eigenvalue weighted by molar-refractivity contribution is -0.126. The third-order valence-electron chi connectivity index (χ3n) is 5.57. The van der Waals surface area contributed by atoms with Crippen LogP contribution in [0.25, 0.3) is 0 Å². The number of aliphatic hydroxyl groups excluding tert-OH is 1. The number of amidine groups is 1. The summed E-state index contributed by atoms with van der Waals surface area (Å²) in [4.78, 5) is 21.2. The smallest absolute Gasteiger partial charge is 0.255 e. The minimum absolute atomic E-state index is 0.0596. The van der Waals surface area contributed by atoms with Crippen molar-refractivity contribution in [3.63, 3.8) is 0 Å². The number of carbonyl (C=O) groups excluding carboxylic acids is 1. The minimum Gasteiger partial charge on any atom is -0.493 e. The van der Waals surface area contributed by atoms with E-state index in [0.717, 1.165) is 35.8 Å². The van der Waals surface area contributed by atoms with Crippen LogP contribution < -0.4 is 10.1 Å². The van der Waals surface area contributed by atoms with Crippen molar-refractivity contribution in [2.45, 2.75) is 32.4 Å². The number of ether oxygens (including phenoxy) is 1. The standard InChI is InChI=1S/C22H28N4O3/c1-14-5-4-6-19-20(14)17(7-10-29-19)24-18-11-16(22(28)25(3)8-9-27)13-26-12-15(2)23-21(18)26/h4-6,11,13,15,17,24,27H,7-10,12H2,1-3H3/t15?,17-/m1/s1. The normalized spacial score (nSPS) is 22.6. The van der Waals surface area contributed by atoms with Crippen molar-refractivity contribution < 1.29 is 14.6 Å². The van der Waals surface area contributed by atoms with Crippen LogP contribution in [0.4, 0.5) is 0 Å². The van der Waals surface area contributed by atoms with Gasteiger partial charge in [0.2, 0.25) is 0 Å². The highest BCUT2D eigenvalue weighted by molar-refractivity contribution is 6.06. The molecule has 154 valence electrons. The summed E-state index contributed by atoms with van der Waals surface area (Å²) in [6.45, 7) is 5.81. The Kier molecular flexibility index (Phi) is 5.32. The van der Waals surface area contributed by atoms with Crippen molar-refractivity contribution in [1.82, 2.24) is 15.1 Å². The fourth-order valence-corrected chi connectivity index (χ4v) is 4.14. The maximum Gasteiger partial charge on any atom is 0.255 e. The number of nitrogens with one attached hydrogen (secondary N) is 1. The van der Waals surface area contributed by atoms with E-state index in [1.54, 1.807) is 7.05 Å². The summed E-state index contributed by atoms with van der Waals surface area (Å²) in [6.07, 6.45) is 4.60. The highest BCUT2D eigenvalue weighted by Gasteiger charge is 2.32. The Morgan fingerprint density at radius 2 is 2.28 bits per heavy atom. The van der Waals surface area contributed by atoms with Crippen LogP contribution in [0.2, 0.25) is 0 Å². The molecule has 1 unspecified atom stereocenters. The van der Waals surface area contributed by atoms with Crippen LogP contribution >= 0.6 is 0 Å². The molecule has 7 nitrogen and oxygen atoms in total. The van der Waals surface area contributed by atoms with Gasteiger partial charge in [0.05, 0.1) is 36.6 Å². The third kappa shape index (κ3) is 3.74. The van der Waals surface area contributed by atoms with Crippen molar-refractivity contribution in [2.75, 3.05) is 33.4 Å². The number of likely N-dealkylation sites (N-methyl/N-ethyl adjacent to an activating group) is 1. The number of hydrogen-bond donors (Lipinski definition) is 2. The Hall–Kier alpha value is -2.80. The van der Waals surface area contributed by atoms with E-state index >= 15 is 0 Å². The Morgan fingerprint density at radius 3 is 3.07 bits per heavy atom. The van der Waals surface area contributed by atoms with E-state index in [-0.39, 0.29) is 24.6 Å². The quantitative estimate of drug-likeness (QED) is 0.793. The molecule has 0 fully saturated rings. The predicted octanol–water partition coefficient (Wildman–Crippen LogP) is 1.74. The fraction of sp³-hybridized carbons (Fsp3) is 0.455. The average molecular weight is 396 g/mol. The van der Waals surface area contributed by atoms with Crippen LogP contribution in [0.15, 0.2) is 46.7 Å². The molecule has 0 radical (unpaired) electrons. The zero-order chi connectivity index (χ0) is 20.5. The van der Waals surface area contributed by atoms with Crippen LogP contribution in [0.1, 0.15) is 30.5 Å². The highest BCUT2D eigenvalue weighted by Crippen LogP contribution is 2.36. The number of aliphatic imine (C=N–C) groups is 1. The van der Waals surface area contributed by atoms with Gasteiger partial charge in [-0.2, -0.15) is 0 Å². The zero-order valence-corrected chi connectivity index (χ0v) is 17.2. The monoisotopic (exact) mass is 396 g/mol. The fourth-order valence-electron chi connectivity index (χ4n) is 4.14. The molecule has 0 saturated heterocycles. The SMILES string of the molecule is Cc1cccc2c1[C@H](NC1=CC(C(=O)N(C)CCO)=CN3CC(C)N=C13)CCO2. The number of rotatable bonds is 5. The topological polar surface area (TPSA) is 77.4 Å². The van der Waals surface area contributed by atoms with Crippen LogP contribution in [0, 0.1) is 6.92 Å². The van der Waals surface area contributed by atoms with E-state index in [1.807, 2.05) is 29.3 Å². The third-order valence-corrected chi connectivity index (χ3v) is 5.57. The van der Waals surface area contributed by atoms with E-state index < -0.39 is 0 Å². The molecule has 3 aliphatic heterocycles. The van der Waals surface area contributed by atoms with Crippen molar-refractivity contribution >= 4 is 11.7 Å². The second-order valence-electron chi connectivity index (χ2n) is 7.87. The molecule has 3 heterocycles. The van der Waals surface area contributed by atoms with Gasteiger partial charge < -0.3 is 25.0 Å². The summed E-state index contributed by atoms with van der Waals surface area (Å²) >= 11 is 0. The maximum absolute atomic E-state index is 12.8. The second kappa shape index (κ2) is 7.91. The molecule has 0 aromatic heterocycles. The Bertz CT molecular complexity index is 905. The number of aryl methyl sites for hydroxylation is 1. The molecule has 4 rings (SSSR count). The molecule has 1 aromatic rings. The Balaban J connectivity index is 1.66. The van der Waals surface area contributed by atoms with E-state index in [0.29, 0.717) is 18.7 Å². The second-order valence-corrected chi connectivity index (χ2v) is 7.87. The molecule has 1 amide bonds. The Morgan fingerprint density at radius 1 is 1.45 bits per heavy atom. The van der Waals surface area contributed by atoms with Crippen LogP contribution in [-0.2, 0) is 4.79 Å². The molecule has 3 aliphatic rings. The average Bonchev–Trinajstić information content (AvgIpc) is 3.08.